The van der Waals surface area contributed by atoms with E-state index in [0.717, 1.165) is 37.5 Å². The van der Waals surface area contributed by atoms with Crippen molar-refractivity contribution in [1.29, 1.82) is 0 Å². The molecule has 3 rings (SSSR count). The van der Waals surface area contributed by atoms with Crippen molar-refractivity contribution in [2.24, 2.45) is 17.8 Å². The van der Waals surface area contributed by atoms with Crippen LogP contribution in [-0.2, 0) is 0 Å². The molecule has 21 heavy (non-hydrogen) atoms. The van der Waals surface area contributed by atoms with Gasteiger partial charge in [0.2, 0.25) is 5.82 Å². The van der Waals surface area contributed by atoms with Crippen molar-refractivity contribution in [2.45, 2.75) is 44.4 Å². The van der Waals surface area contributed by atoms with Gasteiger partial charge in [-0.3, -0.25) is 0 Å². The number of halogens is 2. The van der Waals surface area contributed by atoms with Crippen LogP contribution in [0.15, 0.2) is 24.8 Å². The van der Waals surface area contributed by atoms with E-state index < -0.39 is 17.4 Å². The highest BCUT2D eigenvalue weighted by Gasteiger charge is 2.36. The summed E-state index contributed by atoms with van der Waals surface area (Å²) in [5, 5.41) is 9.20. The van der Waals surface area contributed by atoms with Gasteiger partial charge in [-0.25, -0.2) is 4.39 Å². The van der Waals surface area contributed by atoms with Gasteiger partial charge < -0.3 is 5.11 Å². The maximum atomic E-state index is 13.9. The van der Waals surface area contributed by atoms with Crippen LogP contribution in [0.5, 0.6) is 5.75 Å². The van der Waals surface area contributed by atoms with Gasteiger partial charge in [0, 0.05) is 0 Å². The lowest BCUT2D eigenvalue weighted by atomic mass is 9.63. The molecule has 0 atom stereocenters. The van der Waals surface area contributed by atoms with Crippen LogP contribution in [0.1, 0.15) is 50.0 Å². The number of hydrogen-bond acceptors (Lipinski definition) is 1. The molecule has 0 saturated heterocycles. The smallest absolute Gasteiger partial charge is 0.200 e. The summed E-state index contributed by atoms with van der Waals surface area (Å²) in [6, 6.07) is 2.80. The maximum absolute atomic E-state index is 13.9. The molecule has 0 heterocycles. The summed E-state index contributed by atoms with van der Waals surface area (Å²) in [5.41, 5.74) is 0.432. The summed E-state index contributed by atoms with van der Waals surface area (Å²) in [4.78, 5) is 0. The Hall–Kier alpha value is -1.38. The lowest BCUT2D eigenvalue weighted by Crippen LogP contribution is -2.31. The van der Waals surface area contributed by atoms with Gasteiger partial charge in [-0.15, -0.1) is 6.58 Å². The fourth-order valence-corrected chi connectivity index (χ4v) is 4.06. The van der Waals surface area contributed by atoms with E-state index >= 15 is 0 Å². The van der Waals surface area contributed by atoms with Crippen LogP contribution in [0.25, 0.3) is 0 Å². The minimum Gasteiger partial charge on any atom is -0.505 e. The van der Waals surface area contributed by atoms with Gasteiger partial charge in [0.15, 0.2) is 11.6 Å². The quantitative estimate of drug-likeness (QED) is 0.763. The molecule has 114 valence electrons. The molecule has 0 aliphatic heterocycles. The summed E-state index contributed by atoms with van der Waals surface area (Å²) in [6.07, 6.45) is 8.59. The molecule has 2 fully saturated rings. The molecule has 0 radical (unpaired) electrons. The van der Waals surface area contributed by atoms with Crippen molar-refractivity contribution in [3.8, 4) is 5.75 Å². The molecule has 1 nitrogen and oxygen atoms in total. The summed E-state index contributed by atoms with van der Waals surface area (Å²) >= 11 is 0. The number of rotatable bonds is 3. The number of phenols is 1. The van der Waals surface area contributed by atoms with Crippen LogP contribution in [0.2, 0.25) is 0 Å². The van der Waals surface area contributed by atoms with Crippen LogP contribution in [0.3, 0.4) is 0 Å². The minimum absolute atomic E-state index is 0.0895. The molecule has 1 aromatic rings. The third-order valence-corrected chi connectivity index (χ3v) is 5.51. The average molecular weight is 292 g/mol. The summed E-state index contributed by atoms with van der Waals surface area (Å²) < 4.78 is 27.4. The molecule has 1 aromatic carbocycles. The Labute approximate surface area is 124 Å². The Kier molecular flexibility index (Phi) is 4.01. The van der Waals surface area contributed by atoms with Gasteiger partial charge >= 0.3 is 0 Å². The van der Waals surface area contributed by atoms with Crippen molar-refractivity contribution in [2.75, 3.05) is 0 Å². The zero-order chi connectivity index (χ0) is 15.0. The van der Waals surface area contributed by atoms with Crippen molar-refractivity contribution in [3.63, 3.8) is 0 Å². The highest BCUT2D eigenvalue weighted by atomic mass is 19.2. The van der Waals surface area contributed by atoms with E-state index in [9.17, 15) is 13.9 Å². The first-order chi connectivity index (χ1) is 10.1. The third kappa shape index (κ3) is 2.70. The second-order valence-corrected chi connectivity index (χ2v) is 6.64. The molecule has 0 amide bonds. The summed E-state index contributed by atoms with van der Waals surface area (Å²) in [6.45, 7) is 3.84. The lowest BCUT2D eigenvalue weighted by Gasteiger charge is -2.42. The Balaban J connectivity index is 1.61. The molecule has 2 saturated carbocycles. The standard InChI is InChI=1S/C18H22F2O/c1-2-11-9-14(10-11)12-3-5-13(6-4-12)15-7-8-16(21)18(20)17(15)19/h2,7-8,11-14,21H,1,3-6,9-10H2. The molecule has 0 spiro atoms. The average Bonchev–Trinajstić information content (AvgIpc) is 2.45. The third-order valence-electron chi connectivity index (χ3n) is 5.51. The Morgan fingerprint density at radius 3 is 2.29 bits per heavy atom. The van der Waals surface area contributed by atoms with Gasteiger partial charge in [0.05, 0.1) is 0 Å². The highest BCUT2D eigenvalue weighted by Crippen LogP contribution is 2.48. The molecular weight excluding hydrogens is 270 g/mol. The van der Waals surface area contributed by atoms with Gasteiger partial charge in [-0.05, 0) is 73.8 Å². The largest absolute Gasteiger partial charge is 0.505 e. The van der Waals surface area contributed by atoms with Crippen LogP contribution in [0.4, 0.5) is 8.78 Å². The fourth-order valence-electron chi connectivity index (χ4n) is 4.06. The van der Waals surface area contributed by atoms with Crippen molar-refractivity contribution in [3.05, 3.63) is 42.0 Å². The van der Waals surface area contributed by atoms with E-state index in [1.54, 1.807) is 0 Å². The maximum Gasteiger partial charge on any atom is 0.200 e. The Morgan fingerprint density at radius 2 is 1.67 bits per heavy atom. The first-order valence-electron chi connectivity index (χ1n) is 7.89. The second-order valence-electron chi connectivity index (χ2n) is 6.64. The predicted molar refractivity (Wildman–Crippen MR) is 79.1 cm³/mol. The molecule has 2 aliphatic carbocycles. The van der Waals surface area contributed by atoms with Crippen LogP contribution in [0, 0.1) is 29.4 Å². The van der Waals surface area contributed by atoms with E-state index in [4.69, 9.17) is 0 Å². The number of allylic oxidation sites excluding steroid dienone is 1. The van der Waals surface area contributed by atoms with Gasteiger partial charge in [-0.1, -0.05) is 12.1 Å². The molecule has 0 unspecified atom stereocenters. The zero-order valence-electron chi connectivity index (χ0n) is 12.2. The van der Waals surface area contributed by atoms with Crippen LogP contribution in [-0.4, -0.2) is 5.11 Å². The normalized spacial score (nSPS) is 32.5. The van der Waals surface area contributed by atoms with E-state index in [1.165, 1.54) is 25.0 Å². The SMILES string of the molecule is C=CC1CC(C2CCC(c3ccc(O)c(F)c3F)CC2)C1. The number of phenolic OH excluding ortho intramolecular Hbond substituents is 1. The first-order valence-corrected chi connectivity index (χ1v) is 7.89. The fraction of sp³-hybridized carbons (Fsp3) is 0.556. The molecular formula is C18H22F2O. The first kappa shape index (κ1) is 14.6. The molecule has 0 aromatic heterocycles. The monoisotopic (exact) mass is 292 g/mol. The second kappa shape index (κ2) is 5.78. The van der Waals surface area contributed by atoms with Gasteiger partial charge in [0.25, 0.3) is 0 Å². The van der Waals surface area contributed by atoms with Gasteiger partial charge in [0.1, 0.15) is 0 Å². The molecule has 1 N–H and O–H groups in total. The highest BCUT2D eigenvalue weighted by molar-refractivity contribution is 5.32. The number of benzene rings is 1. The summed E-state index contributed by atoms with van der Waals surface area (Å²) in [7, 11) is 0. The van der Waals surface area contributed by atoms with E-state index in [1.807, 2.05) is 0 Å². The van der Waals surface area contributed by atoms with Crippen LogP contribution < -0.4 is 0 Å². The Bertz CT molecular complexity index is 526. The van der Waals surface area contributed by atoms with E-state index in [2.05, 4.69) is 12.7 Å². The topological polar surface area (TPSA) is 20.2 Å². The number of aromatic hydroxyl groups is 1. The predicted octanol–water partition coefficient (Wildman–Crippen LogP) is 5.16. The molecule has 3 heteroatoms. The van der Waals surface area contributed by atoms with Crippen molar-refractivity contribution in [1.82, 2.24) is 0 Å². The van der Waals surface area contributed by atoms with Crippen molar-refractivity contribution < 1.29 is 13.9 Å². The molecule has 2 aliphatic rings. The number of hydrogen-bond donors (Lipinski definition) is 1. The van der Waals surface area contributed by atoms with Gasteiger partial charge in [-0.2, -0.15) is 4.39 Å². The zero-order valence-corrected chi connectivity index (χ0v) is 12.2. The van der Waals surface area contributed by atoms with E-state index in [-0.39, 0.29) is 5.92 Å². The molecule has 0 bridgehead atoms. The van der Waals surface area contributed by atoms with E-state index in [0.29, 0.717) is 11.5 Å². The van der Waals surface area contributed by atoms with Crippen LogP contribution >= 0.6 is 0 Å². The summed E-state index contributed by atoms with van der Waals surface area (Å²) in [5.74, 6) is -0.257. The Morgan fingerprint density at radius 1 is 1.00 bits per heavy atom. The lowest BCUT2D eigenvalue weighted by molar-refractivity contribution is 0.117. The van der Waals surface area contributed by atoms with Crippen molar-refractivity contribution >= 4 is 0 Å². The minimum atomic E-state index is -1.11.